The van der Waals surface area contributed by atoms with Crippen molar-refractivity contribution >= 4 is 5.96 Å². The van der Waals surface area contributed by atoms with Crippen LogP contribution in [-0.4, -0.2) is 53.6 Å². The molecule has 1 aliphatic heterocycles. The highest BCUT2D eigenvalue weighted by Gasteiger charge is 2.22. The van der Waals surface area contributed by atoms with Gasteiger partial charge in [-0.15, -0.1) is 0 Å². The highest BCUT2D eigenvalue weighted by Crippen LogP contribution is 2.14. The number of aromatic nitrogens is 3. The molecule has 1 unspecified atom stereocenters. The first kappa shape index (κ1) is 20.1. The summed E-state index contributed by atoms with van der Waals surface area (Å²) in [6.45, 7) is 7.28. The minimum atomic E-state index is 0.264. The van der Waals surface area contributed by atoms with E-state index in [2.05, 4.69) is 45.6 Å². The maximum Gasteiger partial charge on any atom is 0.191 e. The number of fused-ring (bicyclic) bond motifs is 1. The molecular weight excluding hydrogens is 356 g/mol. The van der Waals surface area contributed by atoms with Crippen molar-refractivity contribution in [1.29, 1.82) is 0 Å². The second-order valence-electron chi connectivity index (χ2n) is 6.86. The minimum absolute atomic E-state index is 0.264. The summed E-state index contributed by atoms with van der Waals surface area (Å²) in [7, 11) is 1.66. The van der Waals surface area contributed by atoms with Crippen LogP contribution in [0, 0.1) is 6.92 Å². The number of nitrogens with zero attached hydrogens (tertiary/aromatic N) is 4. The molecule has 1 aromatic carbocycles. The van der Waals surface area contributed by atoms with Crippen molar-refractivity contribution in [3.63, 3.8) is 0 Å². The van der Waals surface area contributed by atoms with E-state index in [0.717, 1.165) is 49.3 Å². The Morgan fingerprint density at radius 3 is 3.07 bits per heavy atom. The van der Waals surface area contributed by atoms with Crippen molar-refractivity contribution in [2.75, 3.05) is 26.8 Å². The quantitative estimate of drug-likeness (QED) is 0.408. The SMILES string of the molecule is CCNC(=NCCOc1cccc(C)c1)NC1CCc2nc(COC)nn2C1. The minimum Gasteiger partial charge on any atom is -0.492 e. The average molecular weight is 387 g/mol. The summed E-state index contributed by atoms with van der Waals surface area (Å²) in [5.74, 6) is 3.46. The monoisotopic (exact) mass is 386 g/mol. The molecule has 8 heteroatoms. The predicted molar refractivity (Wildman–Crippen MR) is 109 cm³/mol. The molecule has 0 saturated heterocycles. The van der Waals surface area contributed by atoms with Gasteiger partial charge in [0.05, 0.1) is 13.1 Å². The molecule has 0 spiro atoms. The van der Waals surface area contributed by atoms with Gasteiger partial charge in [-0.2, -0.15) is 5.10 Å². The number of benzene rings is 1. The molecule has 8 nitrogen and oxygen atoms in total. The van der Waals surface area contributed by atoms with Gasteiger partial charge >= 0.3 is 0 Å². The molecule has 0 fully saturated rings. The van der Waals surface area contributed by atoms with Gasteiger partial charge in [0.2, 0.25) is 0 Å². The Bertz CT molecular complexity index is 789. The van der Waals surface area contributed by atoms with Gasteiger partial charge in [0.1, 0.15) is 24.8 Å². The molecule has 0 radical (unpaired) electrons. The molecule has 0 amide bonds. The fraction of sp³-hybridized carbons (Fsp3) is 0.550. The lowest BCUT2D eigenvalue weighted by Gasteiger charge is -2.25. The van der Waals surface area contributed by atoms with Crippen LogP contribution in [0.15, 0.2) is 29.3 Å². The van der Waals surface area contributed by atoms with Gasteiger partial charge < -0.3 is 20.1 Å². The van der Waals surface area contributed by atoms with Gasteiger partial charge in [0.15, 0.2) is 11.8 Å². The molecule has 0 aliphatic carbocycles. The second kappa shape index (κ2) is 10.1. The Morgan fingerprint density at radius 2 is 2.29 bits per heavy atom. The molecule has 28 heavy (non-hydrogen) atoms. The van der Waals surface area contributed by atoms with Crippen LogP contribution < -0.4 is 15.4 Å². The number of nitrogens with one attached hydrogen (secondary N) is 2. The first-order valence-electron chi connectivity index (χ1n) is 9.83. The molecule has 1 aromatic heterocycles. The van der Waals surface area contributed by atoms with Crippen molar-refractivity contribution in [3.8, 4) is 5.75 Å². The normalized spacial score (nSPS) is 16.5. The Labute approximate surface area is 166 Å². The third kappa shape index (κ3) is 5.69. The molecule has 0 bridgehead atoms. The van der Waals surface area contributed by atoms with Crippen LogP contribution in [0.3, 0.4) is 0 Å². The van der Waals surface area contributed by atoms with E-state index in [4.69, 9.17) is 9.47 Å². The predicted octanol–water partition coefficient (Wildman–Crippen LogP) is 1.68. The molecule has 0 saturated carbocycles. The number of hydrogen-bond donors (Lipinski definition) is 2. The Kier molecular flexibility index (Phi) is 7.25. The van der Waals surface area contributed by atoms with Crippen molar-refractivity contribution in [3.05, 3.63) is 41.5 Å². The van der Waals surface area contributed by atoms with Gasteiger partial charge in [0, 0.05) is 26.1 Å². The third-order valence-corrected chi connectivity index (χ3v) is 4.48. The fourth-order valence-corrected chi connectivity index (χ4v) is 3.21. The Balaban J connectivity index is 1.51. The van der Waals surface area contributed by atoms with E-state index in [-0.39, 0.29) is 6.04 Å². The van der Waals surface area contributed by atoms with Crippen molar-refractivity contribution in [1.82, 2.24) is 25.4 Å². The van der Waals surface area contributed by atoms with Crippen molar-refractivity contribution in [2.24, 2.45) is 4.99 Å². The zero-order valence-corrected chi connectivity index (χ0v) is 16.9. The topological polar surface area (TPSA) is 85.6 Å². The number of aryl methyl sites for hydroxylation is 2. The fourth-order valence-electron chi connectivity index (χ4n) is 3.21. The second-order valence-corrected chi connectivity index (χ2v) is 6.86. The van der Waals surface area contributed by atoms with Crippen molar-refractivity contribution < 1.29 is 9.47 Å². The van der Waals surface area contributed by atoms with Crippen LogP contribution >= 0.6 is 0 Å². The highest BCUT2D eigenvalue weighted by atomic mass is 16.5. The molecule has 2 aromatic rings. The lowest BCUT2D eigenvalue weighted by atomic mass is 10.1. The Morgan fingerprint density at radius 1 is 1.39 bits per heavy atom. The maximum atomic E-state index is 5.78. The molecule has 152 valence electrons. The first-order chi connectivity index (χ1) is 13.7. The molecule has 1 aliphatic rings. The van der Waals surface area contributed by atoms with Gasteiger partial charge in [-0.1, -0.05) is 12.1 Å². The highest BCUT2D eigenvalue weighted by molar-refractivity contribution is 5.80. The first-order valence-corrected chi connectivity index (χ1v) is 9.83. The molecule has 2 N–H and O–H groups in total. The number of methoxy groups -OCH3 is 1. The van der Waals surface area contributed by atoms with E-state index in [1.165, 1.54) is 5.56 Å². The summed E-state index contributed by atoms with van der Waals surface area (Å²) in [6, 6.07) is 8.32. The van der Waals surface area contributed by atoms with Gasteiger partial charge in [-0.05, 0) is 38.0 Å². The summed E-state index contributed by atoms with van der Waals surface area (Å²) in [4.78, 5) is 9.16. The molecule has 1 atom stereocenters. The number of guanidine groups is 1. The van der Waals surface area contributed by atoms with Crippen molar-refractivity contribution in [2.45, 2.75) is 45.9 Å². The van der Waals surface area contributed by atoms with Crippen LogP contribution in [0.2, 0.25) is 0 Å². The lowest BCUT2D eigenvalue weighted by Crippen LogP contribution is -2.47. The zero-order chi connectivity index (χ0) is 19.8. The standard InChI is InChI=1S/C20H30N6O2/c1-4-21-20(22-10-11-28-17-7-5-6-15(2)12-17)23-16-8-9-19-24-18(14-27-3)25-26(19)13-16/h5-7,12,16H,4,8-11,13-14H2,1-3H3,(H2,21,22,23). The van der Waals surface area contributed by atoms with E-state index < -0.39 is 0 Å². The summed E-state index contributed by atoms with van der Waals surface area (Å²) in [5, 5.41) is 11.3. The van der Waals surface area contributed by atoms with Gasteiger partial charge in [0.25, 0.3) is 0 Å². The summed E-state index contributed by atoms with van der Waals surface area (Å²) in [6.07, 6.45) is 1.89. The average Bonchev–Trinajstić information content (AvgIpc) is 3.07. The third-order valence-electron chi connectivity index (χ3n) is 4.48. The van der Waals surface area contributed by atoms with Gasteiger partial charge in [-0.3, -0.25) is 0 Å². The number of ether oxygens (including phenoxy) is 2. The molecule has 3 rings (SSSR count). The van der Waals surface area contributed by atoms with E-state index in [0.29, 0.717) is 19.8 Å². The van der Waals surface area contributed by atoms with Crippen LogP contribution in [-0.2, 0) is 24.3 Å². The van der Waals surface area contributed by atoms with E-state index >= 15 is 0 Å². The Hall–Kier alpha value is -2.61. The lowest BCUT2D eigenvalue weighted by molar-refractivity contribution is 0.177. The van der Waals surface area contributed by atoms with Crippen LogP contribution in [0.4, 0.5) is 0 Å². The van der Waals surface area contributed by atoms with E-state index in [1.807, 2.05) is 22.9 Å². The zero-order valence-electron chi connectivity index (χ0n) is 16.9. The number of rotatable bonds is 8. The smallest absolute Gasteiger partial charge is 0.191 e. The maximum absolute atomic E-state index is 5.78. The summed E-state index contributed by atoms with van der Waals surface area (Å²) < 4.78 is 12.9. The van der Waals surface area contributed by atoms with Crippen LogP contribution in [0.1, 0.15) is 30.6 Å². The summed E-state index contributed by atoms with van der Waals surface area (Å²) in [5.41, 5.74) is 1.19. The number of hydrogen-bond acceptors (Lipinski definition) is 5. The largest absolute Gasteiger partial charge is 0.492 e. The van der Waals surface area contributed by atoms with E-state index in [9.17, 15) is 0 Å². The molecule has 2 heterocycles. The van der Waals surface area contributed by atoms with Crippen LogP contribution in [0.25, 0.3) is 0 Å². The van der Waals surface area contributed by atoms with Gasteiger partial charge in [-0.25, -0.2) is 14.7 Å². The van der Waals surface area contributed by atoms with Crippen LogP contribution in [0.5, 0.6) is 5.75 Å². The summed E-state index contributed by atoms with van der Waals surface area (Å²) >= 11 is 0. The van der Waals surface area contributed by atoms with E-state index in [1.54, 1.807) is 7.11 Å². The number of aliphatic imine (C=N–C) groups is 1. The molecular formula is C20H30N6O2.